The fourth-order valence-electron chi connectivity index (χ4n) is 5.38. The van der Waals surface area contributed by atoms with Crippen molar-refractivity contribution >= 4 is 34.9 Å². The van der Waals surface area contributed by atoms with Gasteiger partial charge in [-0.25, -0.2) is 0 Å². The Hall–Kier alpha value is -3.71. The lowest BCUT2D eigenvalue weighted by atomic mass is 9.93. The van der Waals surface area contributed by atoms with Crippen LogP contribution in [0.15, 0.2) is 78.9 Å². The van der Waals surface area contributed by atoms with Crippen LogP contribution in [0, 0.1) is 5.92 Å². The number of thiocarbonyl (C=S) groups is 1. The number of likely N-dealkylation sites (N-methyl/N-ethyl adjacent to an activating group) is 1. The molecule has 3 aromatic rings. The first kappa shape index (κ1) is 27.3. The fraction of sp³-hybridized carbons (Fsp3) is 0.323. The topological polar surface area (TPSA) is 75.7 Å². The highest BCUT2D eigenvalue weighted by molar-refractivity contribution is 7.80. The van der Waals surface area contributed by atoms with E-state index in [9.17, 15) is 14.7 Å². The lowest BCUT2D eigenvalue weighted by Gasteiger charge is -2.41. The Morgan fingerprint density at radius 3 is 1.92 bits per heavy atom. The number of rotatable bonds is 8. The average Bonchev–Trinajstić information content (AvgIpc) is 3.21. The molecule has 1 aliphatic carbocycles. The number of benzene rings is 3. The van der Waals surface area contributed by atoms with E-state index < -0.39 is 17.7 Å². The Balaban J connectivity index is 1.60. The predicted molar refractivity (Wildman–Crippen MR) is 154 cm³/mol. The Morgan fingerprint density at radius 2 is 1.42 bits per heavy atom. The zero-order chi connectivity index (χ0) is 27.6. The molecule has 0 aliphatic heterocycles. The lowest BCUT2D eigenvalue weighted by Crippen LogP contribution is -2.62. The molecule has 0 aromatic heterocycles. The zero-order valence-corrected chi connectivity index (χ0v) is 23.3. The van der Waals surface area contributed by atoms with Crippen LogP contribution in [0.3, 0.4) is 0 Å². The molecule has 0 saturated carbocycles. The van der Waals surface area contributed by atoms with Gasteiger partial charge in [0.2, 0.25) is 0 Å². The van der Waals surface area contributed by atoms with Gasteiger partial charge in [0.15, 0.2) is 0 Å². The highest BCUT2D eigenvalue weighted by Crippen LogP contribution is 2.45. The van der Waals surface area contributed by atoms with Crippen molar-refractivity contribution in [1.82, 2.24) is 10.2 Å². The van der Waals surface area contributed by atoms with Crippen molar-refractivity contribution in [2.45, 2.75) is 45.2 Å². The molecule has 198 valence electrons. The number of fused-ring (bicyclic) bond motifs is 3. The molecule has 0 radical (unpaired) electrons. The third-order valence-corrected chi connectivity index (χ3v) is 7.57. The first-order chi connectivity index (χ1) is 18.0. The minimum atomic E-state index is -1.29. The fourth-order valence-corrected chi connectivity index (χ4v) is 6.04. The van der Waals surface area contributed by atoms with Crippen LogP contribution in [-0.2, 0) is 4.79 Å². The molecule has 0 spiro atoms. The van der Waals surface area contributed by atoms with Gasteiger partial charge in [0, 0.05) is 25.2 Å². The molecule has 1 atom stereocenters. The van der Waals surface area contributed by atoms with Crippen molar-refractivity contribution in [3.05, 3.63) is 90.0 Å². The van der Waals surface area contributed by atoms with Crippen LogP contribution < -0.4 is 15.3 Å². The van der Waals surface area contributed by atoms with Crippen LogP contribution in [0.25, 0.3) is 11.1 Å². The number of amides is 2. The lowest BCUT2D eigenvalue weighted by molar-refractivity contribution is -0.267. The molecule has 1 aliphatic rings. The van der Waals surface area contributed by atoms with E-state index >= 15 is 0 Å². The van der Waals surface area contributed by atoms with Crippen molar-refractivity contribution in [1.29, 1.82) is 0 Å². The van der Waals surface area contributed by atoms with E-state index in [2.05, 4.69) is 29.6 Å². The number of carbonyl (C=O) groups excluding carboxylic acids is 2. The van der Waals surface area contributed by atoms with Crippen LogP contribution >= 0.6 is 12.2 Å². The summed E-state index contributed by atoms with van der Waals surface area (Å²) in [5.74, 6) is -0.493. The molecular weight excluding hydrogens is 494 g/mol. The molecule has 7 heteroatoms. The summed E-state index contributed by atoms with van der Waals surface area (Å²) >= 11 is 5.80. The van der Waals surface area contributed by atoms with Gasteiger partial charge in [-0.15, -0.1) is 0 Å². The van der Waals surface area contributed by atoms with Gasteiger partial charge >= 0.3 is 0 Å². The monoisotopic (exact) mass is 528 g/mol. The summed E-state index contributed by atoms with van der Waals surface area (Å²) < 4.78 is 0. The van der Waals surface area contributed by atoms with Gasteiger partial charge < -0.3 is 25.0 Å². The number of anilines is 1. The SMILES string of the molecule is CC(C)[C@@H](C(=S)NC(C)(C)C(=O)N(C)c1ccccc1)N(CC1c2ccccc2-c2ccccc21)C(=O)[O-]. The molecule has 6 nitrogen and oxygen atoms in total. The van der Waals surface area contributed by atoms with Crippen LogP contribution in [0.5, 0.6) is 0 Å². The summed E-state index contributed by atoms with van der Waals surface area (Å²) in [6.45, 7) is 7.56. The van der Waals surface area contributed by atoms with Gasteiger partial charge in [-0.05, 0) is 54.2 Å². The van der Waals surface area contributed by atoms with Crippen LogP contribution in [-0.4, -0.2) is 47.1 Å². The highest BCUT2D eigenvalue weighted by Gasteiger charge is 2.38. The summed E-state index contributed by atoms with van der Waals surface area (Å²) in [7, 11) is 1.71. The maximum absolute atomic E-state index is 13.4. The Kier molecular flexibility index (Phi) is 7.88. The summed E-state index contributed by atoms with van der Waals surface area (Å²) in [4.78, 5) is 29.2. The van der Waals surface area contributed by atoms with Gasteiger partial charge in [-0.2, -0.15) is 0 Å². The second-order valence-corrected chi connectivity index (χ2v) is 11.1. The molecule has 0 bridgehead atoms. The number of carboxylic acid groups (broad SMARTS) is 1. The molecule has 0 unspecified atom stereocenters. The van der Waals surface area contributed by atoms with E-state index in [1.54, 1.807) is 25.8 Å². The molecule has 0 saturated heterocycles. The smallest absolute Gasteiger partial charge is 0.251 e. The predicted octanol–water partition coefficient (Wildman–Crippen LogP) is 4.83. The summed E-state index contributed by atoms with van der Waals surface area (Å²) in [6, 6.07) is 24.9. The molecule has 0 fully saturated rings. The highest BCUT2D eigenvalue weighted by atomic mass is 32.1. The van der Waals surface area contributed by atoms with E-state index in [0.29, 0.717) is 4.99 Å². The largest absolute Gasteiger partial charge is 0.530 e. The van der Waals surface area contributed by atoms with E-state index in [0.717, 1.165) is 27.9 Å². The van der Waals surface area contributed by atoms with Gasteiger partial charge in [0.1, 0.15) is 11.6 Å². The summed E-state index contributed by atoms with van der Waals surface area (Å²) in [5.41, 5.74) is 4.09. The number of carbonyl (C=O) groups is 2. The van der Waals surface area contributed by atoms with E-state index in [1.165, 1.54) is 4.90 Å². The van der Waals surface area contributed by atoms with E-state index in [4.69, 9.17) is 12.2 Å². The van der Waals surface area contributed by atoms with Crippen molar-refractivity contribution < 1.29 is 14.7 Å². The van der Waals surface area contributed by atoms with Gasteiger partial charge in [0.05, 0.1) is 11.0 Å². The second-order valence-electron chi connectivity index (χ2n) is 10.6. The van der Waals surface area contributed by atoms with Gasteiger partial charge in [0.25, 0.3) is 5.91 Å². The van der Waals surface area contributed by atoms with Crippen molar-refractivity contribution in [2.24, 2.45) is 5.92 Å². The number of hydrogen-bond donors (Lipinski definition) is 1. The van der Waals surface area contributed by atoms with E-state index in [1.807, 2.05) is 68.4 Å². The summed E-state index contributed by atoms with van der Waals surface area (Å²) in [6.07, 6.45) is -1.29. The number of nitrogens with zero attached hydrogens (tertiary/aromatic N) is 2. The van der Waals surface area contributed by atoms with E-state index in [-0.39, 0.29) is 24.3 Å². The van der Waals surface area contributed by atoms with Crippen LogP contribution in [0.1, 0.15) is 44.7 Å². The van der Waals surface area contributed by atoms with Crippen molar-refractivity contribution in [2.75, 3.05) is 18.5 Å². The van der Waals surface area contributed by atoms with Crippen molar-refractivity contribution in [3.8, 4) is 11.1 Å². The number of hydrogen-bond acceptors (Lipinski definition) is 4. The van der Waals surface area contributed by atoms with Gasteiger partial charge in [-0.3, -0.25) is 4.79 Å². The first-order valence-electron chi connectivity index (χ1n) is 12.8. The normalized spacial score (nSPS) is 13.4. The molecule has 2 amide bonds. The Labute approximate surface area is 230 Å². The quantitative estimate of drug-likeness (QED) is 0.424. The number of nitrogens with one attached hydrogen (secondary N) is 1. The standard InChI is InChI=1S/C31H35N3O3S/c1-20(2)27(28(38)32-31(3,4)29(35)33(5)21-13-7-6-8-14-21)34(30(36)37)19-26-24-17-11-9-15-22(24)23-16-10-12-18-25(23)26/h6-18,20,26-27H,19H2,1-5H3,(H,32,38)(H,36,37)/p-1/t27-/m0/s1. The van der Waals surface area contributed by atoms with Crippen molar-refractivity contribution in [3.63, 3.8) is 0 Å². The minimum Gasteiger partial charge on any atom is -0.530 e. The summed E-state index contributed by atoms with van der Waals surface area (Å²) in [5, 5.41) is 15.8. The Bertz CT molecular complexity index is 1290. The average molecular weight is 529 g/mol. The second kappa shape index (κ2) is 11.0. The Morgan fingerprint density at radius 1 is 0.921 bits per heavy atom. The molecule has 0 heterocycles. The third kappa shape index (κ3) is 5.29. The molecule has 38 heavy (non-hydrogen) atoms. The third-order valence-electron chi connectivity index (χ3n) is 7.23. The molecular formula is C31H34N3O3S-. The molecule has 1 N–H and O–H groups in total. The van der Waals surface area contributed by atoms with Crippen LogP contribution in [0.2, 0.25) is 0 Å². The molecule has 3 aromatic carbocycles. The van der Waals surface area contributed by atoms with Crippen LogP contribution in [0.4, 0.5) is 10.5 Å². The maximum Gasteiger partial charge on any atom is 0.251 e. The zero-order valence-electron chi connectivity index (χ0n) is 22.5. The maximum atomic E-state index is 13.4. The number of para-hydroxylation sites is 1. The molecule has 4 rings (SSSR count). The van der Waals surface area contributed by atoms with Gasteiger partial charge in [-0.1, -0.05) is 92.8 Å². The minimum absolute atomic E-state index is 0.150. The first-order valence-corrected chi connectivity index (χ1v) is 13.2.